The minimum Gasteiger partial charge on any atom is -0.492 e. The van der Waals surface area contributed by atoms with Gasteiger partial charge in [0.15, 0.2) is 5.96 Å². The number of nitrogens with zero attached hydrogens (tertiary/aromatic N) is 2. The lowest BCUT2D eigenvalue weighted by Crippen LogP contribution is -2.37. The summed E-state index contributed by atoms with van der Waals surface area (Å²) in [6.45, 7) is 6.39. The van der Waals surface area contributed by atoms with Gasteiger partial charge in [0.1, 0.15) is 12.4 Å². The Labute approximate surface area is 192 Å². The first-order chi connectivity index (χ1) is 13.7. The molecule has 1 aromatic rings. The van der Waals surface area contributed by atoms with Crippen molar-refractivity contribution in [3.05, 3.63) is 29.8 Å². The smallest absolute Gasteiger partial charge is 0.191 e. The Bertz CT molecular complexity index is 581. The summed E-state index contributed by atoms with van der Waals surface area (Å²) in [6.07, 6.45) is 2.07. The van der Waals surface area contributed by atoms with Gasteiger partial charge in [0.2, 0.25) is 0 Å². The highest BCUT2D eigenvalue weighted by Gasteiger charge is 2.15. The topological polar surface area (TPSA) is 67.4 Å². The number of benzene rings is 1. The van der Waals surface area contributed by atoms with E-state index in [-0.39, 0.29) is 24.0 Å². The minimum absolute atomic E-state index is 0. The summed E-state index contributed by atoms with van der Waals surface area (Å²) in [5, 5.41) is 6.67. The lowest BCUT2D eigenvalue weighted by Gasteiger charge is -2.14. The molecule has 8 heteroatoms. The highest BCUT2D eigenvalue weighted by molar-refractivity contribution is 14.0. The Morgan fingerprint density at radius 1 is 1.28 bits per heavy atom. The van der Waals surface area contributed by atoms with E-state index in [4.69, 9.17) is 14.2 Å². The Hall–Kier alpha value is -1.10. The van der Waals surface area contributed by atoms with Crippen LogP contribution >= 0.6 is 24.0 Å². The van der Waals surface area contributed by atoms with Crippen LogP contribution in [-0.4, -0.2) is 78.1 Å². The SMILES string of the molecule is CN=C(NCCCOCC1CCOC1)NCc1cccc(OCCN(C)C)c1.I. The van der Waals surface area contributed by atoms with Gasteiger partial charge in [-0.05, 0) is 44.6 Å². The molecular weight excluding hydrogens is 483 g/mol. The zero-order valence-electron chi connectivity index (χ0n) is 18.0. The monoisotopic (exact) mass is 520 g/mol. The third-order valence-corrected chi connectivity index (χ3v) is 4.52. The summed E-state index contributed by atoms with van der Waals surface area (Å²) in [7, 11) is 5.87. The normalized spacial score (nSPS) is 16.6. The van der Waals surface area contributed by atoms with Crippen LogP contribution in [0.2, 0.25) is 0 Å². The Morgan fingerprint density at radius 2 is 2.14 bits per heavy atom. The van der Waals surface area contributed by atoms with E-state index in [1.165, 1.54) is 0 Å². The second-order valence-corrected chi connectivity index (χ2v) is 7.31. The van der Waals surface area contributed by atoms with Crippen molar-refractivity contribution in [1.29, 1.82) is 0 Å². The molecule has 166 valence electrons. The van der Waals surface area contributed by atoms with Gasteiger partial charge in [-0.2, -0.15) is 0 Å². The zero-order chi connectivity index (χ0) is 20.0. The molecule has 1 unspecified atom stereocenters. The van der Waals surface area contributed by atoms with Crippen LogP contribution in [0.4, 0.5) is 0 Å². The number of nitrogens with one attached hydrogen (secondary N) is 2. The van der Waals surface area contributed by atoms with Gasteiger partial charge in [-0.25, -0.2) is 0 Å². The minimum atomic E-state index is 0. The summed E-state index contributed by atoms with van der Waals surface area (Å²) in [4.78, 5) is 6.38. The third-order valence-electron chi connectivity index (χ3n) is 4.52. The van der Waals surface area contributed by atoms with E-state index in [1.807, 2.05) is 26.2 Å². The van der Waals surface area contributed by atoms with Gasteiger partial charge in [0.05, 0.1) is 13.2 Å². The van der Waals surface area contributed by atoms with Gasteiger partial charge in [-0.1, -0.05) is 12.1 Å². The van der Waals surface area contributed by atoms with Crippen molar-refractivity contribution in [2.24, 2.45) is 10.9 Å². The second kappa shape index (κ2) is 15.7. The average molecular weight is 520 g/mol. The van der Waals surface area contributed by atoms with Crippen LogP contribution in [0.25, 0.3) is 0 Å². The quantitative estimate of drug-likeness (QED) is 0.191. The molecule has 29 heavy (non-hydrogen) atoms. The number of likely N-dealkylation sites (N-methyl/N-ethyl adjacent to an activating group) is 1. The Kier molecular flexibility index (Phi) is 14.0. The van der Waals surface area contributed by atoms with Gasteiger partial charge >= 0.3 is 0 Å². The molecule has 0 spiro atoms. The van der Waals surface area contributed by atoms with Crippen molar-refractivity contribution in [3.8, 4) is 5.75 Å². The fraction of sp³-hybridized carbons (Fsp3) is 0.667. The van der Waals surface area contributed by atoms with E-state index >= 15 is 0 Å². The summed E-state index contributed by atoms with van der Waals surface area (Å²) in [5.74, 6) is 2.27. The van der Waals surface area contributed by atoms with Gasteiger partial charge in [0, 0.05) is 45.8 Å². The third kappa shape index (κ3) is 11.6. The molecular formula is C21H37IN4O3. The van der Waals surface area contributed by atoms with Gasteiger partial charge < -0.3 is 29.7 Å². The molecule has 0 radical (unpaired) electrons. The molecule has 1 aromatic carbocycles. The van der Waals surface area contributed by atoms with E-state index in [2.05, 4.69) is 32.7 Å². The molecule has 0 aliphatic carbocycles. The van der Waals surface area contributed by atoms with Crippen LogP contribution in [0.5, 0.6) is 5.75 Å². The maximum Gasteiger partial charge on any atom is 0.191 e. The largest absolute Gasteiger partial charge is 0.492 e. The highest BCUT2D eigenvalue weighted by atomic mass is 127. The number of halogens is 1. The van der Waals surface area contributed by atoms with Crippen LogP contribution in [0, 0.1) is 5.92 Å². The van der Waals surface area contributed by atoms with E-state index in [9.17, 15) is 0 Å². The van der Waals surface area contributed by atoms with Crippen LogP contribution in [0.3, 0.4) is 0 Å². The van der Waals surface area contributed by atoms with Gasteiger partial charge in [0.25, 0.3) is 0 Å². The Balaban J connectivity index is 0.00000420. The molecule has 0 bridgehead atoms. The molecule has 2 N–H and O–H groups in total. The molecule has 0 saturated carbocycles. The molecule has 1 atom stereocenters. The molecule has 2 rings (SSSR count). The number of ether oxygens (including phenoxy) is 3. The molecule has 1 aliphatic heterocycles. The first-order valence-electron chi connectivity index (χ1n) is 10.1. The summed E-state index contributed by atoms with van der Waals surface area (Å²) in [5.41, 5.74) is 1.16. The molecule has 1 heterocycles. The van der Waals surface area contributed by atoms with E-state index in [0.29, 0.717) is 19.1 Å². The van der Waals surface area contributed by atoms with Crippen molar-refractivity contribution in [2.75, 3.05) is 67.3 Å². The van der Waals surface area contributed by atoms with Crippen molar-refractivity contribution in [1.82, 2.24) is 15.5 Å². The molecule has 1 saturated heterocycles. The van der Waals surface area contributed by atoms with E-state index < -0.39 is 0 Å². The number of hydrogen-bond acceptors (Lipinski definition) is 5. The summed E-state index contributed by atoms with van der Waals surface area (Å²) >= 11 is 0. The number of aliphatic imine (C=N–C) groups is 1. The molecule has 1 fully saturated rings. The van der Waals surface area contributed by atoms with Crippen LogP contribution in [0.15, 0.2) is 29.3 Å². The maximum atomic E-state index is 5.79. The van der Waals surface area contributed by atoms with E-state index in [1.54, 1.807) is 7.05 Å². The number of hydrogen-bond donors (Lipinski definition) is 2. The predicted octanol–water partition coefficient (Wildman–Crippen LogP) is 2.35. The second-order valence-electron chi connectivity index (χ2n) is 7.31. The lowest BCUT2D eigenvalue weighted by atomic mass is 10.1. The molecule has 0 aromatic heterocycles. The van der Waals surface area contributed by atoms with Crippen molar-refractivity contribution in [3.63, 3.8) is 0 Å². The molecule has 0 amide bonds. The standard InChI is InChI=1S/C21H36N4O3.HI/c1-22-21(23-9-5-11-26-16-19-8-12-27-17-19)24-15-18-6-4-7-20(14-18)28-13-10-25(2)3;/h4,6-7,14,19H,5,8-13,15-17H2,1-3H3,(H2,22,23,24);1H. The van der Waals surface area contributed by atoms with Gasteiger partial charge in [-0.15, -0.1) is 24.0 Å². The first-order valence-corrected chi connectivity index (χ1v) is 10.1. The van der Waals surface area contributed by atoms with E-state index in [0.717, 1.165) is 69.6 Å². The molecule has 7 nitrogen and oxygen atoms in total. The number of guanidine groups is 1. The van der Waals surface area contributed by atoms with Crippen molar-refractivity contribution >= 4 is 29.9 Å². The summed E-state index contributed by atoms with van der Waals surface area (Å²) in [6, 6.07) is 8.16. The number of rotatable bonds is 12. The van der Waals surface area contributed by atoms with Crippen LogP contribution in [0.1, 0.15) is 18.4 Å². The Morgan fingerprint density at radius 3 is 2.86 bits per heavy atom. The maximum absolute atomic E-state index is 5.79. The highest BCUT2D eigenvalue weighted by Crippen LogP contribution is 2.13. The van der Waals surface area contributed by atoms with Crippen LogP contribution < -0.4 is 15.4 Å². The average Bonchev–Trinajstić information content (AvgIpc) is 3.20. The first kappa shape index (κ1) is 25.9. The zero-order valence-corrected chi connectivity index (χ0v) is 20.3. The van der Waals surface area contributed by atoms with Gasteiger partial charge in [-0.3, -0.25) is 4.99 Å². The molecule has 1 aliphatic rings. The van der Waals surface area contributed by atoms with Crippen molar-refractivity contribution in [2.45, 2.75) is 19.4 Å². The lowest BCUT2D eigenvalue weighted by molar-refractivity contribution is 0.0888. The van der Waals surface area contributed by atoms with Crippen molar-refractivity contribution < 1.29 is 14.2 Å². The van der Waals surface area contributed by atoms with Crippen LogP contribution in [-0.2, 0) is 16.0 Å². The summed E-state index contributed by atoms with van der Waals surface area (Å²) < 4.78 is 16.9. The fourth-order valence-corrected chi connectivity index (χ4v) is 2.84. The fourth-order valence-electron chi connectivity index (χ4n) is 2.84. The predicted molar refractivity (Wildman–Crippen MR) is 128 cm³/mol.